The lowest BCUT2D eigenvalue weighted by Gasteiger charge is -2.45. The van der Waals surface area contributed by atoms with Gasteiger partial charge >= 0.3 is 0 Å². The number of carbonyl (C=O) groups excluding carboxylic acids is 2. The minimum atomic E-state index is -0.538. The molecule has 3 aromatic carbocycles. The van der Waals surface area contributed by atoms with E-state index < -0.39 is 11.7 Å². The Morgan fingerprint density at radius 1 is 0.972 bits per heavy atom. The van der Waals surface area contributed by atoms with Crippen LogP contribution in [0.25, 0.3) is 0 Å². The molecule has 1 N–H and O–H groups in total. The van der Waals surface area contributed by atoms with Crippen molar-refractivity contribution in [3.05, 3.63) is 94.3 Å². The van der Waals surface area contributed by atoms with Gasteiger partial charge < -0.3 is 15.1 Å². The minimum absolute atomic E-state index is 0.0552. The quantitative estimate of drug-likeness (QED) is 0.462. The Bertz CT molecular complexity index is 1300. The van der Waals surface area contributed by atoms with Crippen molar-refractivity contribution < 1.29 is 14.0 Å². The van der Waals surface area contributed by atoms with Gasteiger partial charge in [-0.3, -0.25) is 9.59 Å². The van der Waals surface area contributed by atoms with Gasteiger partial charge in [0.1, 0.15) is 5.82 Å². The predicted octanol–water partition coefficient (Wildman–Crippen LogP) is 6.18. The van der Waals surface area contributed by atoms with E-state index in [1.807, 2.05) is 23.1 Å². The molecular formula is C29H29ClFN3O2. The lowest BCUT2D eigenvalue weighted by molar-refractivity contribution is 0.0673. The molecule has 0 saturated carbocycles. The van der Waals surface area contributed by atoms with Crippen LogP contribution in [-0.4, -0.2) is 42.4 Å². The van der Waals surface area contributed by atoms with Gasteiger partial charge in [0, 0.05) is 29.0 Å². The molecule has 0 radical (unpaired) electrons. The number of hydrogen-bond acceptors (Lipinski definition) is 3. The van der Waals surface area contributed by atoms with E-state index in [0.717, 1.165) is 37.6 Å². The number of nitrogens with one attached hydrogen (secondary N) is 1. The number of anilines is 2. The second-order valence-corrected chi connectivity index (χ2v) is 10.2. The van der Waals surface area contributed by atoms with Crippen LogP contribution in [0.3, 0.4) is 0 Å². The number of amides is 2. The molecule has 2 aliphatic rings. The Kier molecular flexibility index (Phi) is 6.82. The van der Waals surface area contributed by atoms with E-state index in [9.17, 15) is 14.0 Å². The maximum absolute atomic E-state index is 13.7. The molecule has 5 nitrogen and oxygen atoms in total. The van der Waals surface area contributed by atoms with Gasteiger partial charge in [0.2, 0.25) is 0 Å². The number of piperidine rings is 1. The van der Waals surface area contributed by atoms with Gasteiger partial charge in [-0.15, -0.1) is 0 Å². The molecule has 36 heavy (non-hydrogen) atoms. The highest BCUT2D eigenvalue weighted by Gasteiger charge is 2.40. The highest BCUT2D eigenvalue weighted by atomic mass is 35.5. The van der Waals surface area contributed by atoms with Gasteiger partial charge in [0.05, 0.1) is 10.6 Å². The average molecular weight is 506 g/mol. The lowest BCUT2D eigenvalue weighted by atomic mass is 9.79. The van der Waals surface area contributed by atoms with E-state index in [2.05, 4.69) is 23.3 Å². The first-order valence-corrected chi connectivity index (χ1v) is 12.7. The van der Waals surface area contributed by atoms with Crippen LogP contribution in [0.1, 0.15) is 52.0 Å². The highest BCUT2D eigenvalue weighted by molar-refractivity contribution is 6.34. The third-order valence-electron chi connectivity index (χ3n) is 7.61. The van der Waals surface area contributed by atoms with Gasteiger partial charge in [-0.25, -0.2) is 4.39 Å². The smallest absolute Gasteiger partial charge is 0.258 e. The fourth-order valence-corrected chi connectivity index (χ4v) is 5.71. The molecule has 5 rings (SSSR count). The molecule has 0 aliphatic carbocycles. The summed E-state index contributed by atoms with van der Waals surface area (Å²) in [7, 11) is 2.21. The number of nitrogens with zero attached hydrogens (tertiary/aromatic N) is 2. The Balaban J connectivity index is 1.36. The van der Waals surface area contributed by atoms with Crippen LogP contribution in [0.2, 0.25) is 5.02 Å². The monoisotopic (exact) mass is 505 g/mol. The maximum atomic E-state index is 13.7. The lowest BCUT2D eigenvalue weighted by Crippen LogP contribution is -2.52. The normalized spacial score (nSPS) is 20.0. The van der Waals surface area contributed by atoms with E-state index in [1.165, 1.54) is 30.5 Å². The van der Waals surface area contributed by atoms with Crippen molar-refractivity contribution >= 4 is 34.8 Å². The number of benzene rings is 3. The van der Waals surface area contributed by atoms with Crippen LogP contribution in [0.15, 0.2) is 66.7 Å². The summed E-state index contributed by atoms with van der Waals surface area (Å²) in [5.41, 5.74) is 3.34. The van der Waals surface area contributed by atoms with Crippen molar-refractivity contribution in [1.29, 1.82) is 0 Å². The first-order chi connectivity index (χ1) is 17.4. The molecule has 1 saturated heterocycles. The zero-order chi connectivity index (χ0) is 25.3. The van der Waals surface area contributed by atoms with E-state index in [1.54, 1.807) is 24.3 Å². The first-order valence-electron chi connectivity index (χ1n) is 12.3. The van der Waals surface area contributed by atoms with E-state index in [-0.39, 0.29) is 22.0 Å². The maximum Gasteiger partial charge on any atom is 0.258 e. The molecule has 2 amide bonds. The van der Waals surface area contributed by atoms with Gasteiger partial charge in [-0.1, -0.05) is 36.2 Å². The van der Waals surface area contributed by atoms with Crippen molar-refractivity contribution in [3.63, 3.8) is 0 Å². The second-order valence-electron chi connectivity index (χ2n) is 9.77. The van der Waals surface area contributed by atoms with E-state index >= 15 is 0 Å². The molecule has 0 bridgehead atoms. The summed E-state index contributed by atoms with van der Waals surface area (Å²) in [5, 5.41) is 2.89. The number of halogens is 2. The zero-order valence-electron chi connectivity index (χ0n) is 20.3. The number of para-hydroxylation sites is 1. The standard InChI is InChI=1S/C29H29ClFN3O2/c1-33-16-5-4-14-29(33)15-17-34(26-7-3-2-6-21(26)19-29)28(36)20-8-11-23(12-9-20)32-27(35)24-18-22(31)10-13-25(24)30/h2-3,6-13,18H,4-5,14-17,19H2,1H3,(H,32,35). The number of fused-ring (bicyclic) bond motifs is 1. The Hall–Kier alpha value is -3.22. The average Bonchev–Trinajstić information content (AvgIpc) is 3.05. The summed E-state index contributed by atoms with van der Waals surface area (Å²) in [6.07, 6.45) is 5.44. The van der Waals surface area contributed by atoms with Crippen LogP contribution >= 0.6 is 11.6 Å². The van der Waals surface area contributed by atoms with Crippen LogP contribution in [0.5, 0.6) is 0 Å². The highest BCUT2D eigenvalue weighted by Crippen LogP contribution is 2.39. The number of likely N-dealkylation sites (N-methyl/N-ethyl adjacent to an activating group) is 1. The molecule has 1 atom stereocenters. The molecule has 1 unspecified atom stereocenters. The number of carbonyl (C=O) groups is 2. The number of hydrogen-bond donors (Lipinski definition) is 1. The van der Waals surface area contributed by atoms with Crippen LogP contribution in [0.4, 0.5) is 15.8 Å². The zero-order valence-corrected chi connectivity index (χ0v) is 21.0. The molecule has 3 aromatic rings. The molecule has 7 heteroatoms. The molecule has 1 fully saturated rings. The number of rotatable bonds is 3. The summed E-state index contributed by atoms with van der Waals surface area (Å²) in [5.74, 6) is -1.12. The molecule has 2 heterocycles. The third kappa shape index (κ3) is 4.75. The summed E-state index contributed by atoms with van der Waals surface area (Å²) in [6, 6.07) is 18.6. The summed E-state index contributed by atoms with van der Waals surface area (Å²) in [6.45, 7) is 1.74. The van der Waals surface area contributed by atoms with Crippen LogP contribution in [-0.2, 0) is 6.42 Å². The molecular weight excluding hydrogens is 477 g/mol. The molecule has 0 aromatic heterocycles. The predicted molar refractivity (Wildman–Crippen MR) is 141 cm³/mol. The Labute approximate surface area is 215 Å². The van der Waals surface area contributed by atoms with Crippen molar-refractivity contribution in [2.75, 3.05) is 30.4 Å². The van der Waals surface area contributed by atoms with Crippen LogP contribution < -0.4 is 10.2 Å². The third-order valence-corrected chi connectivity index (χ3v) is 7.94. The SMILES string of the molecule is CN1CCCCC12CCN(C(=O)c1ccc(NC(=O)c3cc(F)ccc3Cl)cc1)c1ccccc1C2. The largest absolute Gasteiger partial charge is 0.322 e. The summed E-state index contributed by atoms with van der Waals surface area (Å²) < 4.78 is 13.6. The van der Waals surface area contributed by atoms with Gasteiger partial charge in [-0.05, 0) is 93.4 Å². The van der Waals surface area contributed by atoms with E-state index in [4.69, 9.17) is 11.6 Å². The Morgan fingerprint density at radius 2 is 1.75 bits per heavy atom. The van der Waals surface area contributed by atoms with Crippen molar-refractivity contribution in [2.24, 2.45) is 0 Å². The molecule has 186 valence electrons. The van der Waals surface area contributed by atoms with E-state index in [0.29, 0.717) is 17.8 Å². The molecule has 1 spiro atoms. The first kappa shape index (κ1) is 24.5. The molecule has 2 aliphatic heterocycles. The van der Waals surface area contributed by atoms with Gasteiger partial charge in [0.15, 0.2) is 0 Å². The second kappa shape index (κ2) is 10.0. The fourth-order valence-electron chi connectivity index (χ4n) is 5.51. The topological polar surface area (TPSA) is 52.6 Å². The van der Waals surface area contributed by atoms with Crippen molar-refractivity contribution in [1.82, 2.24) is 4.90 Å². The summed E-state index contributed by atoms with van der Waals surface area (Å²) >= 11 is 6.05. The van der Waals surface area contributed by atoms with Crippen LogP contribution in [0, 0.1) is 5.82 Å². The van der Waals surface area contributed by atoms with Crippen molar-refractivity contribution in [2.45, 2.75) is 37.6 Å². The fraction of sp³-hybridized carbons (Fsp3) is 0.310. The van der Waals surface area contributed by atoms with Gasteiger partial charge in [-0.2, -0.15) is 0 Å². The minimum Gasteiger partial charge on any atom is -0.322 e. The summed E-state index contributed by atoms with van der Waals surface area (Å²) in [4.78, 5) is 30.6. The van der Waals surface area contributed by atoms with Gasteiger partial charge in [0.25, 0.3) is 11.8 Å². The van der Waals surface area contributed by atoms with Crippen molar-refractivity contribution in [3.8, 4) is 0 Å². The number of likely N-dealkylation sites (tertiary alicyclic amines) is 1. The Morgan fingerprint density at radius 3 is 2.53 bits per heavy atom.